The summed E-state index contributed by atoms with van der Waals surface area (Å²) in [5.41, 5.74) is 12.8. The van der Waals surface area contributed by atoms with Gasteiger partial charge in [0, 0.05) is 29.4 Å². The van der Waals surface area contributed by atoms with Gasteiger partial charge in [-0.3, -0.25) is 14.9 Å². The summed E-state index contributed by atoms with van der Waals surface area (Å²) >= 11 is 1.16. The van der Waals surface area contributed by atoms with Gasteiger partial charge in [0.1, 0.15) is 12.1 Å². The van der Waals surface area contributed by atoms with Gasteiger partial charge < -0.3 is 31.6 Å². The van der Waals surface area contributed by atoms with Crippen molar-refractivity contribution in [3.8, 4) is 0 Å². The summed E-state index contributed by atoms with van der Waals surface area (Å²) < 4.78 is 4.92. The summed E-state index contributed by atoms with van der Waals surface area (Å²) in [7, 11) is 1.20. The van der Waals surface area contributed by atoms with E-state index in [0.29, 0.717) is 41.3 Å². The van der Waals surface area contributed by atoms with Gasteiger partial charge in [0.05, 0.1) is 22.0 Å². The molecular formula is C25H31N5O6S. The second-order valence-corrected chi connectivity index (χ2v) is 9.54. The second-order valence-electron chi connectivity index (χ2n) is 8.49. The number of unbranched alkanes of at least 4 members (excludes halogenated alkanes) is 1. The standard InChI is InChI=1S/C25H31N5O6S/c1-36-25(33)19(28-23(32)22(31)17(27)9-6-7-13-26)14-16-15-8-2-3-10-18(15)29-24(16)37-21-12-5-4-11-20(21)30(34)35/h2-5,8,10-12,17,19,22,29,31H,6-7,9,13-14,26-27H2,1H3,(H,28,32)/t17-,19-,22+/m1/s1. The Kier molecular flexibility index (Phi) is 10.0. The lowest BCUT2D eigenvalue weighted by molar-refractivity contribution is -0.387. The molecule has 3 rings (SSSR count). The van der Waals surface area contributed by atoms with Gasteiger partial charge in [0.15, 0.2) is 0 Å². The molecule has 2 aromatic carbocycles. The number of para-hydroxylation sites is 2. The lowest BCUT2D eigenvalue weighted by atomic mass is 10.0. The molecule has 0 spiro atoms. The third-order valence-electron chi connectivity index (χ3n) is 5.92. The number of fused-ring (bicyclic) bond motifs is 1. The Morgan fingerprint density at radius 3 is 2.59 bits per heavy atom. The fraction of sp³-hybridized carbons (Fsp3) is 0.360. The summed E-state index contributed by atoms with van der Waals surface area (Å²) in [5, 5.41) is 25.9. The molecule has 37 heavy (non-hydrogen) atoms. The molecular weight excluding hydrogens is 498 g/mol. The molecule has 0 bridgehead atoms. The Labute approximate surface area is 218 Å². The van der Waals surface area contributed by atoms with Crippen LogP contribution in [-0.4, -0.2) is 58.7 Å². The number of nitrogens with one attached hydrogen (secondary N) is 2. The minimum absolute atomic E-state index is 0.0144. The van der Waals surface area contributed by atoms with Crippen LogP contribution in [0.25, 0.3) is 10.9 Å². The number of H-pyrrole nitrogens is 1. The van der Waals surface area contributed by atoms with Crippen molar-refractivity contribution in [1.29, 1.82) is 0 Å². The molecule has 0 unspecified atom stereocenters. The van der Waals surface area contributed by atoms with Gasteiger partial charge in [-0.15, -0.1) is 0 Å². The molecule has 11 nitrogen and oxygen atoms in total. The predicted molar refractivity (Wildman–Crippen MR) is 140 cm³/mol. The maximum Gasteiger partial charge on any atom is 0.328 e. The number of rotatable bonds is 13. The first-order valence-electron chi connectivity index (χ1n) is 11.8. The molecule has 198 valence electrons. The number of benzene rings is 2. The van der Waals surface area contributed by atoms with Crippen LogP contribution >= 0.6 is 11.8 Å². The van der Waals surface area contributed by atoms with Gasteiger partial charge in [-0.25, -0.2) is 4.79 Å². The zero-order valence-electron chi connectivity index (χ0n) is 20.4. The first-order chi connectivity index (χ1) is 17.8. The van der Waals surface area contributed by atoms with E-state index in [2.05, 4.69) is 10.3 Å². The van der Waals surface area contributed by atoms with Gasteiger partial charge in [-0.05, 0) is 37.1 Å². The molecule has 0 aliphatic rings. The number of amides is 1. The zero-order valence-corrected chi connectivity index (χ0v) is 21.2. The van der Waals surface area contributed by atoms with Gasteiger partial charge in [0.2, 0.25) is 0 Å². The quantitative estimate of drug-likeness (QED) is 0.0957. The summed E-state index contributed by atoms with van der Waals surface area (Å²) in [6.45, 7) is 0.483. The van der Waals surface area contributed by atoms with Crippen molar-refractivity contribution in [2.45, 2.75) is 53.8 Å². The first kappa shape index (κ1) is 28.1. The van der Waals surface area contributed by atoms with Crippen LogP contribution in [0.3, 0.4) is 0 Å². The van der Waals surface area contributed by atoms with Gasteiger partial charge in [-0.1, -0.05) is 48.5 Å². The maximum atomic E-state index is 12.8. The second kappa shape index (κ2) is 13.2. The van der Waals surface area contributed by atoms with Crippen molar-refractivity contribution in [1.82, 2.24) is 10.3 Å². The number of nitro groups is 1. The highest BCUT2D eigenvalue weighted by Gasteiger charge is 2.30. The van der Waals surface area contributed by atoms with Crippen LogP contribution in [0.15, 0.2) is 58.5 Å². The van der Waals surface area contributed by atoms with E-state index in [1.165, 1.54) is 13.2 Å². The van der Waals surface area contributed by atoms with Crippen LogP contribution in [0, 0.1) is 10.1 Å². The van der Waals surface area contributed by atoms with Crippen LogP contribution in [0.5, 0.6) is 0 Å². The largest absolute Gasteiger partial charge is 0.467 e. The summed E-state index contributed by atoms with van der Waals surface area (Å²) in [6.07, 6.45) is 0.264. The molecule has 0 radical (unpaired) electrons. The van der Waals surface area contributed by atoms with E-state index in [0.717, 1.165) is 22.7 Å². The number of aromatic nitrogens is 1. The molecule has 3 aromatic rings. The molecule has 0 saturated heterocycles. The molecule has 1 aromatic heterocycles. The number of aliphatic hydroxyl groups excluding tert-OH is 1. The number of nitrogens with zero attached hydrogens (tertiary/aromatic N) is 1. The molecule has 12 heteroatoms. The third-order valence-corrected chi connectivity index (χ3v) is 7.04. The van der Waals surface area contributed by atoms with Crippen molar-refractivity contribution >= 4 is 40.2 Å². The summed E-state index contributed by atoms with van der Waals surface area (Å²) in [5.74, 6) is -1.49. The SMILES string of the molecule is COC(=O)[C@@H](Cc1c(Sc2ccccc2[N+](=O)[O-])[nH]c2ccccc12)NC(=O)[C@@H](O)[C@H](N)CCCCN. The highest BCUT2D eigenvalue weighted by atomic mass is 32.2. The Bertz CT molecular complexity index is 1250. The number of aliphatic hydroxyl groups is 1. The smallest absolute Gasteiger partial charge is 0.328 e. The van der Waals surface area contributed by atoms with E-state index in [9.17, 15) is 24.8 Å². The molecule has 0 aliphatic carbocycles. The number of hydrogen-bond acceptors (Lipinski definition) is 9. The topological polar surface area (TPSA) is 187 Å². The van der Waals surface area contributed by atoms with Crippen molar-refractivity contribution < 1.29 is 24.4 Å². The molecule has 0 aliphatic heterocycles. The van der Waals surface area contributed by atoms with E-state index in [1.54, 1.807) is 18.2 Å². The van der Waals surface area contributed by atoms with Crippen molar-refractivity contribution in [2.75, 3.05) is 13.7 Å². The van der Waals surface area contributed by atoms with Crippen LogP contribution in [0.2, 0.25) is 0 Å². The highest BCUT2D eigenvalue weighted by Crippen LogP contribution is 2.39. The number of hydrogen-bond donors (Lipinski definition) is 5. The van der Waals surface area contributed by atoms with E-state index in [1.807, 2.05) is 24.3 Å². The van der Waals surface area contributed by atoms with E-state index >= 15 is 0 Å². The Hall–Kier alpha value is -3.45. The number of nitro benzene ring substituents is 1. The molecule has 0 fully saturated rings. The van der Waals surface area contributed by atoms with E-state index in [4.69, 9.17) is 16.2 Å². The molecule has 0 saturated carbocycles. The number of carbonyl (C=O) groups is 2. The molecule has 1 heterocycles. The fourth-order valence-corrected chi connectivity index (χ4v) is 5.03. The van der Waals surface area contributed by atoms with Gasteiger partial charge in [0.25, 0.3) is 11.6 Å². The molecule has 7 N–H and O–H groups in total. The Balaban J connectivity index is 1.90. The van der Waals surface area contributed by atoms with Crippen LogP contribution in [0.4, 0.5) is 5.69 Å². The number of methoxy groups -OCH3 is 1. The first-order valence-corrected chi connectivity index (χ1v) is 12.6. The van der Waals surface area contributed by atoms with Crippen molar-refractivity contribution in [3.05, 3.63) is 64.2 Å². The average molecular weight is 530 g/mol. The van der Waals surface area contributed by atoms with E-state index in [-0.39, 0.29) is 12.1 Å². The highest BCUT2D eigenvalue weighted by molar-refractivity contribution is 7.99. The Morgan fingerprint density at radius 1 is 1.19 bits per heavy atom. The number of aromatic amines is 1. The lowest BCUT2D eigenvalue weighted by Crippen LogP contribution is -2.52. The lowest BCUT2D eigenvalue weighted by Gasteiger charge is -2.22. The number of esters is 1. The van der Waals surface area contributed by atoms with E-state index < -0.39 is 35.0 Å². The maximum absolute atomic E-state index is 12.8. The van der Waals surface area contributed by atoms with Crippen LogP contribution < -0.4 is 16.8 Å². The predicted octanol–water partition coefficient (Wildman–Crippen LogP) is 2.24. The molecule has 1 amide bonds. The summed E-state index contributed by atoms with van der Waals surface area (Å²) in [4.78, 5) is 40.2. The van der Waals surface area contributed by atoms with Gasteiger partial charge >= 0.3 is 5.97 Å². The van der Waals surface area contributed by atoms with Crippen molar-refractivity contribution in [3.63, 3.8) is 0 Å². The minimum Gasteiger partial charge on any atom is -0.467 e. The fourth-order valence-electron chi connectivity index (χ4n) is 3.94. The molecule has 3 atom stereocenters. The van der Waals surface area contributed by atoms with Crippen LogP contribution in [0.1, 0.15) is 24.8 Å². The van der Waals surface area contributed by atoms with Gasteiger partial charge in [-0.2, -0.15) is 0 Å². The average Bonchev–Trinajstić information content (AvgIpc) is 3.24. The van der Waals surface area contributed by atoms with Crippen molar-refractivity contribution in [2.24, 2.45) is 11.5 Å². The third kappa shape index (κ3) is 7.07. The summed E-state index contributed by atoms with van der Waals surface area (Å²) in [6, 6.07) is 11.8. The number of ether oxygens (including phenoxy) is 1. The number of nitrogens with two attached hydrogens (primary N) is 2. The zero-order chi connectivity index (χ0) is 26.9. The van der Waals surface area contributed by atoms with Crippen LogP contribution in [-0.2, 0) is 20.7 Å². The number of carbonyl (C=O) groups excluding carboxylic acids is 2. The Morgan fingerprint density at radius 2 is 1.89 bits per heavy atom. The minimum atomic E-state index is -1.52. The normalized spacial score (nSPS) is 13.6. The monoisotopic (exact) mass is 529 g/mol.